The quantitative estimate of drug-likeness (QED) is 0.479. The van der Waals surface area contributed by atoms with Crippen LogP contribution in [0.3, 0.4) is 0 Å². The van der Waals surface area contributed by atoms with E-state index in [-0.39, 0.29) is 11.8 Å². The summed E-state index contributed by atoms with van der Waals surface area (Å²) in [6.07, 6.45) is 1.25. The van der Waals surface area contributed by atoms with Crippen LogP contribution in [0.15, 0.2) is 91.0 Å². The van der Waals surface area contributed by atoms with Gasteiger partial charge < -0.3 is 10.1 Å². The van der Waals surface area contributed by atoms with Gasteiger partial charge >= 0.3 is 0 Å². The molecule has 1 atom stereocenters. The van der Waals surface area contributed by atoms with Gasteiger partial charge in [-0.2, -0.15) is 0 Å². The van der Waals surface area contributed by atoms with Gasteiger partial charge in [0.05, 0.1) is 6.04 Å². The minimum atomic E-state index is -0.900. The third-order valence-corrected chi connectivity index (χ3v) is 5.49. The number of ether oxygens (including phenoxy) is 1. The smallest absolute Gasteiger partial charge is 0.293 e. The van der Waals surface area contributed by atoms with Gasteiger partial charge in [-0.3, -0.25) is 9.59 Å². The summed E-state index contributed by atoms with van der Waals surface area (Å²) in [6.45, 7) is 4.05. The molecule has 4 nitrogen and oxygen atoms in total. The Bertz CT molecular complexity index is 914. The highest BCUT2D eigenvalue weighted by molar-refractivity contribution is 5.80. The molecule has 0 bridgehead atoms. The van der Waals surface area contributed by atoms with Gasteiger partial charge in [0.2, 0.25) is 5.91 Å². The van der Waals surface area contributed by atoms with Crippen LogP contribution in [0.1, 0.15) is 36.6 Å². The molecule has 3 rings (SSSR count). The Morgan fingerprint density at radius 3 is 1.74 bits per heavy atom. The molecule has 160 valence electrons. The van der Waals surface area contributed by atoms with Crippen LogP contribution in [-0.4, -0.2) is 18.0 Å². The van der Waals surface area contributed by atoms with E-state index >= 15 is 0 Å². The molecule has 1 N–H and O–H groups in total. The lowest BCUT2D eigenvalue weighted by molar-refractivity contribution is -0.146. The van der Waals surface area contributed by atoms with E-state index in [1.165, 1.54) is 0 Å². The second-order valence-electron chi connectivity index (χ2n) is 8.25. The van der Waals surface area contributed by atoms with Gasteiger partial charge in [-0.1, -0.05) is 91.0 Å². The van der Waals surface area contributed by atoms with Gasteiger partial charge in [-0.25, -0.2) is 0 Å². The zero-order chi connectivity index (χ0) is 22.1. The first-order valence-electron chi connectivity index (χ1n) is 10.5. The molecule has 3 aromatic carbocycles. The fraction of sp³-hybridized carbons (Fsp3) is 0.259. The standard InChI is InChI=1S/C27H29NO3/c1-27(2,31-20-29)25(23-16-10-5-11-17-23)28-26(30)24(18-21-12-6-3-7-13-21)19-22-14-8-4-9-15-22/h3-17,20,24-25H,18-19H2,1-2H3,(H,28,30)/t25-/m0/s1. The Morgan fingerprint density at radius 2 is 1.29 bits per heavy atom. The first kappa shape index (κ1) is 22.3. The number of carbonyl (C=O) groups excluding carboxylic acids is 2. The minimum Gasteiger partial charge on any atom is -0.459 e. The Hall–Kier alpha value is -3.40. The van der Waals surface area contributed by atoms with Crippen LogP contribution in [-0.2, 0) is 27.2 Å². The highest BCUT2D eigenvalue weighted by Crippen LogP contribution is 2.29. The lowest BCUT2D eigenvalue weighted by atomic mass is 9.88. The molecule has 0 saturated carbocycles. The molecule has 0 fully saturated rings. The lowest BCUT2D eigenvalue weighted by Crippen LogP contribution is -2.46. The van der Waals surface area contributed by atoms with Crippen LogP contribution in [0.4, 0.5) is 0 Å². The van der Waals surface area contributed by atoms with Gasteiger partial charge in [0.25, 0.3) is 6.47 Å². The van der Waals surface area contributed by atoms with Crippen molar-refractivity contribution in [1.29, 1.82) is 0 Å². The first-order valence-corrected chi connectivity index (χ1v) is 10.5. The van der Waals surface area contributed by atoms with E-state index in [0.29, 0.717) is 19.3 Å². The first-order chi connectivity index (χ1) is 15.0. The summed E-state index contributed by atoms with van der Waals surface area (Å²) in [7, 11) is 0. The maximum atomic E-state index is 13.5. The van der Waals surface area contributed by atoms with Gasteiger partial charge in [-0.15, -0.1) is 0 Å². The van der Waals surface area contributed by atoms with E-state index < -0.39 is 11.6 Å². The Labute approximate surface area is 184 Å². The van der Waals surface area contributed by atoms with Gasteiger partial charge in [0.15, 0.2) is 0 Å². The molecule has 0 saturated heterocycles. The largest absolute Gasteiger partial charge is 0.459 e. The fourth-order valence-electron chi connectivity index (χ4n) is 3.81. The van der Waals surface area contributed by atoms with Gasteiger partial charge in [-0.05, 0) is 43.4 Å². The number of hydrogen-bond acceptors (Lipinski definition) is 3. The Morgan fingerprint density at radius 1 is 0.839 bits per heavy atom. The second kappa shape index (κ2) is 10.6. The maximum Gasteiger partial charge on any atom is 0.293 e. The zero-order valence-corrected chi connectivity index (χ0v) is 18.0. The molecule has 0 spiro atoms. The highest BCUT2D eigenvalue weighted by atomic mass is 16.5. The second-order valence-corrected chi connectivity index (χ2v) is 8.25. The molecule has 0 aliphatic heterocycles. The summed E-state index contributed by atoms with van der Waals surface area (Å²) < 4.78 is 5.37. The molecular formula is C27H29NO3. The van der Waals surface area contributed by atoms with E-state index in [4.69, 9.17) is 4.74 Å². The molecule has 0 aliphatic carbocycles. The molecule has 0 aliphatic rings. The third-order valence-electron chi connectivity index (χ3n) is 5.49. The number of rotatable bonds is 10. The number of amides is 1. The Balaban J connectivity index is 1.87. The average Bonchev–Trinajstić information content (AvgIpc) is 2.78. The van der Waals surface area contributed by atoms with Crippen molar-refractivity contribution in [2.45, 2.75) is 38.3 Å². The van der Waals surface area contributed by atoms with E-state index in [1.807, 2.05) is 105 Å². The van der Waals surface area contributed by atoms with E-state index in [2.05, 4.69) is 5.32 Å². The molecule has 31 heavy (non-hydrogen) atoms. The minimum absolute atomic E-state index is 0.0656. The molecule has 0 radical (unpaired) electrons. The van der Waals surface area contributed by atoms with Gasteiger partial charge in [0.1, 0.15) is 5.60 Å². The van der Waals surface area contributed by atoms with Crippen LogP contribution in [0.5, 0.6) is 0 Å². The summed E-state index contributed by atoms with van der Waals surface area (Å²) >= 11 is 0. The number of hydrogen-bond donors (Lipinski definition) is 1. The average molecular weight is 416 g/mol. The fourth-order valence-corrected chi connectivity index (χ4v) is 3.81. The molecule has 1 amide bonds. The molecular weight excluding hydrogens is 386 g/mol. The van der Waals surface area contributed by atoms with Crippen molar-refractivity contribution < 1.29 is 14.3 Å². The predicted octanol–water partition coefficient (Wildman–Crippen LogP) is 4.90. The summed E-state index contributed by atoms with van der Waals surface area (Å²) in [4.78, 5) is 24.7. The van der Waals surface area contributed by atoms with Crippen molar-refractivity contribution in [2.75, 3.05) is 0 Å². The number of nitrogens with one attached hydrogen (secondary N) is 1. The number of benzene rings is 3. The zero-order valence-electron chi connectivity index (χ0n) is 18.0. The van der Waals surface area contributed by atoms with Crippen molar-refractivity contribution in [1.82, 2.24) is 5.32 Å². The highest BCUT2D eigenvalue weighted by Gasteiger charge is 2.35. The van der Waals surface area contributed by atoms with Crippen LogP contribution >= 0.6 is 0 Å². The maximum absolute atomic E-state index is 13.5. The molecule has 0 heterocycles. The molecule has 3 aromatic rings. The van der Waals surface area contributed by atoms with Crippen molar-refractivity contribution in [3.05, 3.63) is 108 Å². The van der Waals surface area contributed by atoms with Crippen molar-refractivity contribution in [3.63, 3.8) is 0 Å². The van der Waals surface area contributed by atoms with Gasteiger partial charge in [0, 0.05) is 5.92 Å². The van der Waals surface area contributed by atoms with E-state index in [1.54, 1.807) is 0 Å². The van der Waals surface area contributed by atoms with Crippen LogP contribution in [0.25, 0.3) is 0 Å². The van der Waals surface area contributed by atoms with Crippen molar-refractivity contribution >= 4 is 12.4 Å². The van der Waals surface area contributed by atoms with Crippen LogP contribution in [0.2, 0.25) is 0 Å². The van der Waals surface area contributed by atoms with Crippen molar-refractivity contribution in [2.24, 2.45) is 5.92 Å². The third kappa shape index (κ3) is 6.29. The van der Waals surface area contributed by atoms with Crippen LogP contribution < -0.4 is 5.32 Å². The monoisotopic (exact) mass is 415 g/mol. The Kier molecular flexibility index (Phi) is 7.60. The molecule has 0 unspecified atom stereocenters. The summed E-state index contributed by atoms with van der Waals surface area (Å²) in [5.41, 5.74) is 2.21. The van der Waals surface area contributed by atoms with E-state index in [9.17, 15) is 9.59 Å². The summed E-state index contributed by atoms with van der Waals surface area (Å²) in [5.74, 6) is -0.327. The normalized spacial score (nSPS) is 12.2. The summed E-state index contributed by atoms with van der Waals surface area (Å²) in [5, 5.41) is 3.18. The number of carbonyl (C=O) groups is 2. The predicted molar refractivity (Wildman–Crippen MR) is 122 cm³/mol. The lowest BCUT2D eigenvalue weighted by Gasteiger charge is -2.34. The molecule has 0 aromatic heterocycles. The topological polar surface area (TPSA) is 55.4 Å². The van der Waals surface area contributed by atoms with Crippen LogP contribution in [0, 0.1) is 5.92 Å². The molecule has 4 heteroatoms. The SMILES string of the molecule is CC(C)(OC=O)[C@@H](NC(=O)C(Cc1ccccc1)Cc1ccccc1)c1ccccc1. The summed E-state index contributed by atoms with van der Waals surface area (Å²) in [6, 6.07) is 29.2. The van der Waals surface area contributed by atoms with E-state index in [0.717, 1.165) is 16.7 Å². The van der Waals surface area contributed by atoms with Crippen molar-refractivity contribution in [3.8, 4) is 0 Å².